The fraction of sp³-hybridized carbons (Fsp3) is 0.455. The zero-order valence-corrected chi connectivity index (χ0v) is 29.0. The van der Waals surface area contributed by atoms with Gasteiger partial charge in [-0.3, -0.25) is 9.69 Å². The predicted octanol–water partition coefficient (Wildman–Crippen LogP) is 5.77. The van der Waals surface area contributed by atoms with Gasteiger partial charge in [0.25, 0.3) is 6.47 Å². The lowest BCUT2D eigenvalue weighted by molar-refractivity contribution is -0.137. The summed E-state index contributed by atoms with van der Waals surface area (Å²) in [7, 11) is 0. The van der Waals surface area contributed by atoms with Crippen LogP contribution in [0.5, 0.6) is 11.9 Å². The molecule has 2 saturated heterocycles. The van der Waals surface area contributed by atoms with E-state index in [2.05, 4.69) is 19.9 Å². The van der Waals surface area contributed by atoms with Crippen molar-refractivity contribution in [1.82, 2.24) is 29.8 Å². The Morgan fingerprint density at radius 2 is 1.96 bits per heavy atom. The minimum atomic E-state index is -4.92. The quantitative estimate of drug-likeness (QED) is 0.160. The van der Waals surface area contributed by atoms with Gasteiger partial charge < -0.3 is 30.9 Å². The van der Waals surface area contributed by atoms with Crippen LogP contribution in [0.1, 0.15) is 56.0 Å². The number of nitrogens with two attached hydrogens (primary N) is 2. The molecule has 4 aromatic heterocycles. The van der Waals surface area contributed by atoms with E-state index in [-0.39, 0.29) is 72.9 Å². The fourth-order valence-corrected chi connectivity index (χ4v) is 7.70. The third-order valence-corrected chi connectivity index (χ3v) is 9.87. The molecule has 0 unspecified atom stereocenters. The number of nitrogen functional groups attached to an aromatic ring is 2. The summed E-state index contributed by atoms with van der Waals surface area (Å²) in [5, 5.41) is 7.23. The molecular weight excluding hydrogens is 717 g/mol. The molecule has 0 amide bonds. The van der Waals surface area contributed by atoms with E-state index < -0.39 is 58.3 Å². The molecule has 4 atom stereocenters. The van der Waals surface area contributed by atoms with Gasteiger partial charge in [0.05, 0.1) is 33.9 Å². The van der Waals surface area contributed by atoms with E-state index in [4.69, 9.17) is 47.4 Å². The normalized spacial score (nSPS) is 21.9. The summed E-state index contributed by atoms with van der Waals surface area (Å²) in [5.41, 5.74) is 8.73. The highest BCUT2D eigenvalue weighted by Gasteiger charge is 2.49. The smallest absolute Gasteiger partial charge is 0.418 e. The third-order valence-electron chi connectivity index (χ3n) is 9.67. The lowest BCUT2D eigenvalue weighted by atomic mass is 9.95. The first-order chi connectivity index (χ1) is 24.6. The van der Waals surface area contributed by atoms with E-state index >= 15 is 4.39 Å². The van der Waals surface area contributed by atoms with Gasteiger partial charge in [0, 0.05) is 30.3 Å². The van der Waals surface area contributed by atoms with Gasteiger partial charge in [-0.05, 0) is 52.3 Å². The zero-order chi connectivity index (χ0) is 37.7. The van der Waals surface area contributed by atoms with Crippen LogP contribution in [-0.4, -0.2) is 85.5 Å². The Morgan fingerprint density at radius 1 is 1.23 bits per heavy atom. The van der Waals surface area contributed by atoms with Crippen LogP contribution in [0.4, 0.5) is 39.4 Å². The van der Waals surface area contributed by atoms with Crippen LogP contribution in [0.15, 0.2) is 18.3 Å². The summed E-state index contributed by atoms with van der Waals surface area (Å²) in [4.78, 5) is 33.6. The second-order valence-corrected chi connectivity index (χ2v) is 13.5. The van der Waals surface area contributed by atoms with Crippen molar-refractivity contribution in [1.29, 1.82) is 0 Å². The number of hydrogen-bond acceptors (Lipinski definition) is 12. The van der Waals surface area contributed by atoms with E-state index in [0.29, 0.717) is 23.6 Å². The molecule has 5 N–H and O–H groups in total. The molecule has 7 heterocycles. The molecule has 0 bridgehead atoms. The number of aromatic nitrogens is 5. The number of carbonyl (C=O) groups is 1. The molecule has 13 nitrogen and oxygen atoms in total. The molecule has 0 spiro atoms. The number of halogens is 6. The van der Waals surface area contributed by atoms with E-state index in [0.717, 1.165) is 19.4 Å². The fourth-order valence-electron chi connectivity index (χ4n) is 7.53. The standard InChI is InChI=1S/C32H33ClF5N9O2.CH2O2/c1-14-12-48-29-22-26(24(35)25(43-29)20-8-21(39)42-15(2)23(20)32(36,37)38)44-30(49-13-31-5-4-6-46(31)11-18(34)9-31)45-28(22)47(14)16(3)19-7-17(33)10-41-27(19)40;2-1-3/h7-8,10,14,16,18H,4-6,9,11-13H2,1-3H3,(H2,39,42)(H2,40,41);1H,(H,2,3)/t14-,16+,18+,31-;/m0./s1. The Bertz CT molecular complexity index is 2030. The van der Waals surface area contributed by atoms with Crippen LogP contribution >= 0.6 is 11.6 Å². The number of hydrogen-bond donors (Lipinski definition) is 3. The number of aryl methyl sites for hydroxylation is 1. The second-order valence-electron chi connectivity index (χ2n) is 13.0. The monoisotopic (exact) mass is 751 g/mol. The number of nitrogens with zero attached hydrogens (tertiary/aromatic N) is 7. The second kappa shape index (κ2) is 13.9. The maximum atomic E-state index is 16.9. The molecule has 7 rings (SSSR count). The number of ether oxygens (including phenoxy) is 2. The molecule has 0 saturated carbocycles. The summed E-state index contributed by atoms with van der Waals surface area (Å²) in [6, 6.07) is 1.27. The summed E-state index contributed by atoms with van der Waals surface area (Å²) < 4.78 is 86.8. The molecule has 2 fully saturated rings. The average Bonchev–Trinajstić information content (AvgIpc) is 3.55. The van der Waals surface area contributed by atoms with Gasteiger partial charge >= 0.3 is 12.2 Å². The van der Waals surface area contributed by atoms with Crippen molar-refractivity contribution in [3.63, 3.8) is 0 Å². The molecule has 52 heavy (non-hydrogen) atoms. The van der Waals surface area contributed by atoms with E-state index in [1.165, 1.54) is 6.20 Å². The van der Waals surface area contributed by atoms with Gasteiger partial charge in [0.1, 0.15) is 53.4 Å². The Morgan fingerprint density at radius 3 is 2.67 bits per heavy atom. The number of pyridine rings is 3. The van der Waals surface area contributed by atoms with Crippen molar-refractivity contribution >= 4 is 46.4 Å². The lowest BCUT2D eigenvalue weighted by Crippen LogP contribution is -2.43. The SMILES string of the molecule is Cc1nc(N)cc(-c2nc3c4c(nc(OC[C@@]56CCCN5C[C@H](F)C6)nc4c2F)N([C@H](C)c2cc(Cl)cnc2N)[C@@H](C)CO3)c1C(F)(F)F.O=CO. The predicted molar refractivity (Wildman–Crippen MR) is 181 cm³/mol. The Labute approximate surface area is 299 Å². The van der Waals surface area contributed by atoms with Crippen molar-refractivity contribution < 1.29 is 41.3 Å². The van der Waals surface area contributed by atoms with Crippen LogP contribution < -0.4 is 25.8 Å². The minimum Gasteiger partial charge on any atom is -0.483 e. The Hall–Kier alpha value is -4.84. The van der Waals surface area contributed by atoms with Crippen molar-refractivity contribution in [2.24, 2.45) is 0 Å². The summed E-state index contributed by atoms with van der Waals surface area (Å²) >= 11 is 6.29. The molecule has 19 heteroatoms. The summed E-state index contributed by atoms with van der Waals surface area (Å²) in [6.07, 6.45) is -2.72. The maximum absolute atomic E-state index is 16.9. The van der Waals surface area contributed by atoms with Crippen molar-refractivity contribution in [3.8, 4) is 23.1 Å². The molecule has 278 valence electrons. The van der Waals surface area contributed by atoms with Crippen molar-refractivity contribution in [3.05, 3.63) is 46.0 Å². The van der Waals surface area contributed by atoms with E-state index in [1.807, 2.05) is 18.7 Å². The lowest BCUT2D eigenvalue weighted by Gasteiger charge is -2.35. The van der Waals surface area contributed by atoms with Gasteiger partial charge in [-0.25, -0.2) is 23.7 Å². The highest BCUT2D eigenvalue weighted by Crippen LogP contribution is 2.47. The molecule has 4 aromatic rings. The number of rotatable bonds is 6. The highest BCUT2D eigenvalue weighted by molar-refractivity contribution is 6.30. The topological polar surface area (TPSA) is 179 Å². The van der Waals surface area contributed by atoms with Crippen molar-refractivity contribution in [2.45, 2.75) is 70.0 Å². The van der Waals surface area contributed by atoms with Crippen LogP contribution in [0, 0.1) is 12.7 Å². The van der Waals surface area contributed by atoms with Gasteiger partial charge in [-0.2, -0.15) is 23.1 Å². The first-order valence-electron chi connectivity index (χ1n) is 16.3. The first-order valence-corrected chi connectivity index (χ1v) is 16.6. The Kier molecular flexibility index (Phi) is 9.91. The van der Waals surface area contributed by atoms with Crippen molar-refractivity contribution in [2.75, 3.05) is 42.7 Å². The van der Waals surface area contributed by atoms with E-state index in [9.17, 15) is 17.6 Å². The summed E-state index contributed by atoms with van der Waals surface area (Å²) in [6.45, 7) is 5.52. The Balaban J connectivity index is 0.00000150. The van der Waals surface area contributed by atoms with Crippen LogP contribution in [0.3, 0.4) is 0 Å². The molecule has 0 radical (unpaired) electrons. The number of fused-ring (bicyclic) bond motifs is 1. The molecule has 3 aliphatic heterocycles. The largest absolute Gasteiger partial charge is 0.483 e. The van der Waals surface area contributed by atoms with Crippen LogP contribution in [0.25, 0.3) is 22.2 Å². The van der Waals surface area contributed by atoms with Crippen LogP contribution in [0.2, 0.25) is 5.02 Å². The average molecular weight is 752 g/mol. The summed E-state index contributed by atoms with van der Waals surface area (Å²) in [5.74, 6) is -1.29. The molecule has 3 aliphatic rings. The molecule has 0 aromatic carbocycles. The molecule has 0 aliphatic carbocycles. The van der Waals surface area contributed by atoms with Gasteiger partial charge in [-0.15, -0.1) is 0 Å². The third kappa shape index (κ3) is 6.64. The number of carboxylic acid groups (broad SMARTS) is 1. The number of alkyl halides is 4. The minimum absolute atomic E-state index is 0.0102. The van der Waals surface area contributed by atoms with Gasteiger partial charge in [0.15, 0.2) is 5.82 Å². The number of anilines is 3. The first kappa shape index (κ1) is 36.9. The highest BCUT2D eigenvalue weighted by atomic mass is 35.5. The van der Waals surface area contributed by atoms with Gasteiger partial charge in [0.2, 0.25) is 5.88 Å². The van der Waals surface area contributed by atoms with E-state index in [1.54, 1.807) is 11.0 Å². The maximum Gasteiger partial charge on any atom is 0.418 e. The zero-order valence-electron chi connectivity index (χ0n) is 28.2. The van der Waals surface area contributed by atoms with Crippen LogP contribution in [-0.2, 0) is 11.0 Å². The van der Waals surface area contributed by atoms with Gasteiger partial charge in [-0.1, -0.05) is 11.6 Å². The molecular formula is C33H35ClF5N9O4.